The lowest BCUT2D eigenvalue weighted by molar-refractivity contribution is 0.0693. The highest BCUT2D eigenvalue weighted by Gasteiger charge is 2.19. The second-order valence-electron chi connectivity index (χ2n) is 3.46. The van der Waals surface area contributed by atoms with Crippen molar-refractivity contribution >= 4 is 21.9 Å². The van der Waals surface area contributed by atoms with E-state index in [9.17, 15) is 17.6 Å². The fourth-order valence-corrected chi connectivity index (χ4v) is 2.17. The van der Waals surface area contributed by atoms with Crippen LogP contribution in [0.2, 0.25) is 0 Å². The average molecular weight is 292 g/mol. The van der Waals surface area contributed by atoms with Crippen molar-refractivity contribution in [3.8, 4) is 0 Å². The lowest BCUT2D eigenvalue weighted by Gasteiger charge is -2.11. The number of anilines is 1. The first-order chi connectivity index (χ1) is 8.87. The van der Waals surface area contributed by atoms with Gasteiger partial charge in [-0.1, -0.05) is 6.07 Å². The van der Waals surface area contributed by atoms with E-state index >= 15 is 0 Å². The van der Waals surface area contributed by atoms with Gasteiger partial charge in [-0.25, -0.2) is 9.18 Å². The smallest absolute Gasteiger partial charge is 0.340 e. The molecule has 0 saturated heterocycles. The number of methoxy groups -OCH3 is 1. The summed E-state index contributed by atoms with van der Waals surface area (Å²) < 4.78 is 45.2. The van der Waals surface area contributed by atoms with E-state index in [0.29, 0.717) is 0 Å². The highest BCUT2D eigenvalue weighted by Crippen LogP contribution is 2.19. The Kier molecular flexibility index (Phi) is 5.21. The molecule has 0 spiro atoms. The molecule has 7 nitrogen and oxygen atoms in total. The third-order valence-electron chi connectivity index (χ3n) is 2.07. The first-order valence-electron chi connectivity index (χ1n) is 5.15. The molecule has 0 radical (unpaired) electrons. The van der Waals surface area contributed by atoms with E-state index in [2.05, 4.69) is 9.46 Å². The summed E-state index contributed by atoms with van der Waals surface area (Å²) in [5, 5.41) is 8.84. The molecule has 0 aliphatic carbocycles. The third-order valence-corrected chi connectivity index (χ3v) is 3.14. The maximum Gasteiger partial charge on any atom is 0.340 e. The summed E-state index contributed by atoms with van der Waals surface area (Å²) in [6.45, 7) is 0.152. The Bertz CT molecular complexity index is 561. The van der Waals surface area contributed by atoms with Crippen molar-refractivity contribution in [3.63, 3.8) is 0 Å². The monoisotopic (exact) mass is 292 g/mol. The quantitative estimate of drug-likeness (QED) is 0.632. The number of hydrogen-bond donors (Lipinski definition) is 3. The van der Waals surface area contributed by atoms with E-state index in [4.69, 9.17) is 5.11 Å². The van der Waals surface area contributed by atoms with Gasteiger partial charge in [0.25, 0.3) is 10.2 Å². The van der Waals surface area contributed by atoms with Gasteiger partial charge >= 0.3 is 5.97 Å². The maximum atomic E-state index is 13.3. The van der Waals surface area contributed by atoms with Crippen LogP contribution in [0, 0.1) is 5.82 Å². The fourth-order valence-electron chi connectivity index (χ4n) is 1.29. The molecule has 0 aromatic heterocycles. The molecule has 0 amide bonds. The van der Waals surface area contributed by atoms with Crippen molar-refractivity contribution < 1.29 is 27.4 Å². The number of halogens is 1. The predicted octanol–water partition coefficient (Wildman–Crippen LogP) is 0.417. The molecule has 106 valence electrons. The largest absolute Gasteiger partial charge is 0.478 e. The van der Waals surface area contributed by atoms with E-state index in [-0.39, 0.29) is 18.8 Å². The molecule has 1 aromatic rings. The molecule has 0 bridgehead atoms. The number of nitrogens with one attached hydrogen (secondary N) is 2. The lowest BCUT2D eigenvalue weighted by atomic mass is 10.2. The minimum Gasteiger partial charge on any atom is -0.478 e. The third kappa shape index (κ3) is 4.47. The second-order valence-corrected chi connectivity index (χ2v) is 4.96. The molecular weight excluding hydrogens is 279 g/mol. The molecule has 0 aliphatic rings. The molecule has 0 fully saturated rings. The Morgan fingerprint density at radius 1 is 1.47 bits per heavy atom. The Balaban J connectivity index is 2.93. The summed E-state index contributed by atoms with van der Waals surface area (Å²) in [5.41, 5.74) is -1.09. The number of benzene rings is 1. The normalized spacial score (nSPS) is 11.3. The number of hydrogen-bond acceptors (Lipinski definition) is 4. The van der Waals surface area contributed by atoms with Crippen LogP contribution < -0.4 is 9.44 Å². The summed E-state index contributed by atoms with van der Waals surface area (Å²) in [7, 11) is -2.59. The van der Waals surface area contributed by atoms with Crippen LogP contribution in [-0.4, -0.2) is 39.8 Å². The molecule has 1 rings (SSSR count). The zero-order valence-electron chi connectivity index (χ0n) is 10.0. The fraction of sp³-hybridized carbons (Fsp3) is 0.300. The molecule has 0 atom stereocenters. The van der Waals surface area contributed by atoms with Crippen LogP contribution in [0.4, 0.5) is 10.1 Å². The van der Waals surface area contributed by atoms with E-state index in [1.807, 2.05) is 4.72 Å². The molecule has 0 heterocycles. The number of carboxylic acid groups (broad SMARTS) is 1. The molecule has 9 heteroatoms. The Morgan fingerprint density at radius 2 is 2.16 bits per heavy atom. The number of aromatic carboxylic acids is 1. The van der Waals surface area contributed by atoms with Gasteiger partial charge in [0.2, 0.25) is 0 Å². The first kappa shape index (κ1) is 15.3. The summed E-state index contributed by atoms with van der Waals surface area (Å²) in [4.78, 5) is 10.9. The van der Waals surface area contributed by atoms with E-state index in [1.165, 1.54) is 13.2 Å². The van der Waals surface area contributed by atoms with Gasteiger partial charge in [-0.15, -0.1) is 0 Å². The topological polar surface area (TPSA) is 105 Å². The number of carbonyl (C=O) groups is 1. The van der Waals surface area contributed by atoms with Crippen molar-refractivity contribution in [2.24, 2.45) is 0 Å². The van der Waals surface area contributed by atoms with Crippen molar-refractivity contribution in [1.29, 1.82) is 0 Å². The molecule has 3 N–H and O–H groups in total. The van der Waals surface area contributed by atoms with Crippen LogP contribution in [0.5, 0.6) is 0 Å². The molecule has 1 aromatic carbocycles. The zero-order chi connectivity index (χ0) is 14.5. The van der Waals surface area contributed by atoms with Crippen molar-refractivity contribution in [1.82, 2.24) is 4.72 Å². The van der Waals surface area contributed by atoms with Crippen molar-refractivity contribution in [2.75, 3.05) is 25.0 Å². The standard InChI is InChI=1S/C10H13FN2O5S/c1-18-6-5-12-19(16,17)13-8-4-2-3-7(11)9(8)10(14)15/h2-4,12-13H,5-6H2,1H3,(H,14,15). The van der Waals surface area contributed by atoms with Gasteiger partial charge in [-0.3, -0.25) is 4.72 Å². The number of rotatable bonds is 7. The van der Waals surface area contributed by atoms with Crippen LogP contribution in [0.25, 0.3) is 0 Å². The second kappa shape index (κ2) is 6.45. The summed E-state index contributed by atoms with van der Waals surface area (Å²) in [6.07, 6.45) is 0. The van der Waals surface area contributed by atoms with Gasteiger partial charge < -0.3 is 9.84 Å². The van der Waals surface area contributed by atoms with Crippen molar-refractivity contribution in [3.05, 3.63) is 29.6 Å². The zero-order valence-corrected chi connectivity index (χ0v) is 10.8. The number of carboxylic acids is 1. The van der Waals surface area contributed by atoms with E-state index in [1.54, 1.807) is 0 Å². The average Bonchev–Trinajstić information content (AvgIpc) is 2.27. The molecule has 0 unspecified atom stereocenters. The highest BCUT2D eigenvalue weighted by atomic mass is 32.2. The van der Waals surface area contributed by atoms with Gasteiger partial charge in [-0.05, 0) is 12.1 Å². The highest BCUT2D eigenvalue weighted by molar-refractivity contribution is 7.90. The summed E-state index contributed by atoms with van der Waals surface area (Å²) in [5.74, 6) is -2.59. The first-order valence-corrected chi connectivity index (χ1v) is 6.64. The van der Waals surface area contributed by atoms with Gasteiger partial charge in [-0.2, -0.15) is 13.1 Å². The summed E-state index contributed by atoms with van der Waals surface area (Å²) in [6, 6.07) is 3.29. The van der Waals surface area contributed by atoms with Gasteiger partial charge in [0, 0.05) is 13.7 Å². The minimum atomic E-state index is -3.99. The Morgan fingerprint density at radius 3 is 2.74 bits per heavy atom. The molecular formula is C10H13FN2O5S. The minimum absolute atomic E-state index is 0.00353. The van der Waals surface area contributed by atoms with Gasteiger partial charge in [0.15, 0.2) is 0 Å². The lowest BCUT2D eigenvalue weighted by Crippen LogP contribution is -2.33. The maximum absolute atomic E-state index is 13.3. The Labute approximate surface area is 109 Å². The van der Waals surface area contributed by atoms with Crippen LogP contribution in [0.3, 0.4) is 0 Å². The van der Waals surface area contributed by atoms with E-state index < -0.39 is 27.6 Å². The van der Waals surface area contributed by atoms with Gasteiger partial charge in [0.05, 0.1) is 12.3 Å². The molecule has 0 aliphatic heterocycles. The number of ether oxygens (including phenoxy) is 1. The molecule has 19 heavy (non-hydrogen) atoms. The van der Waals surface area contributed by atoms with Crippen LogP contribution in [0.15, 0.2) is 18.2 Å². The van der Waals surface area contributed by atoms with Crippen LogP contribution in [0.1, 0.15) is 10.4 Å². The predicted molar refractivity (Wildman–Crippen MR) is 65.8 cm³/mol. The SMILES string of the molecule is COCCNS(=O)(=O)Nc1cccc(F)c1C(=O)O. The van der Waals surface area contributed by atoms with Crippen LogP contribution in [-0.2, 0) is 14.9 Å². The summed E-state index contributed by atoms with van der Waals surface area (Å²) >= 11 is 0. The molecule has 0 saturated carbocycles. The van der Waals surface area contributed by atoms with E-state index in [0.717, 1.165) is 12.1 Å². The van der Waals surface area contributed by atoms with Crippen LogP contribution >= 0.6 is 0 Å². The van der Waals surface area contributed by atoms with Gasteiger partial charge in [0.1, 0.15) is 11.4 Å². The van der Waals surface area contributed by atoms with Crippen molar-refractivity contribution in [2.45, 2.75) is 0 Å². The Hall–Kier alpha value is -1.71.